The van der Waals surface area contributed by atoms with Crippen LogP contribution >= 0.6 is 0 Å². The van der Waals surface area contributed by atoms with Gasteiger partial charge in [-0.3, -0.25) is 9.59 Å². The van der Waals surface area contributed by atoms with Crippen molar-refractivity contribution in [2.24, 2.45) is 5.92 Å². The number of carbonyl (C=O) groups is 2. The van der Waals surface area contributed by atoms with E-state index in [4.69, 9.17) is 18.6 Å². The Kier molecular flexibility index (Phi) is 7.23. The first-order valence-electron chi connectivity index (χ1n) is 10.1. The fourth-order valence-corrected chi connectivity index (χ4v) is 3.68. The summed E-state index contributed by atoms with van der Waals surface area (Å²) in [5.74, 6) is 1.03. The highest BCUT2D eigenvalue weighted by Gasteiger charge is 2.26. The van der Waals surface area contributed by atoms with Crippen LogP contribution in [-0.2, 0) is 4.79 Å². The summed E-state index contributed by atoms with van der Waals surface area (Å²) in [4.78, 5) is 27.7. The fourth-order valence-electron chi connectivity index (χ4n) is 3.68. The molecule has 8 nitrogen and oxygen atoms in total. The van der Waals surface area contributed by atoms with Crippen LogP contribution < -0.4 is 19.5 Å². The molecule has 0 aliphatic carbocycles. The largest absolute Gasteiger partial charge is 0.493 e. The fraction of sp³-hybridized carbons (Fsp3) is 0.391. The Hall–Kier alpha value is -3.42. The molecule has 1 fully saturated rings. The Labute approximate surface area is 181 Å². The van der Waals surface area contributed by atoms with Crippen LogP contribution in [0.1, 0.15) is 35.9 Å². The van der Waals surface area contributed by atoms with Crippen LogP contribution in [-0.4, -0.2) is 51.1 Å². The lowest BCUT2D eigenvalue weighted by molar-refractivity contribution is -0.129. The maximum atomic E-state index is 13.3. The number of benzene rings is 1. The quantitative estimate of drug-likeness (QED) is 0.681. The van der Waals surface area contributed by atoms with Crippen molar-refractivity contribution in [1.29, 1.82) is 0 Å². The number of furan rings is 1. The van der Waals surface area contributed by atoms with Crippen molar-refractivity contribution in [3.05, 3.63) is 47.5 Å². The van der Waals surface area contributed by atoms with Gasteiger partial charge < -0.3 is 28.8 Å². The molecule has 0 spiro atoms. The number of methoxy groups -OCH3 is 3. The third kappa shape index (κ3) is 5.02. The van der Waals surface area contributed by atoms with Gasteiger partial charge >= 0.3 is 0 Å². The standard InChI is InChI=1S/C23H28N2O6/c1-15-7-5-11-25(14-15)23(27)17(24-22(26)19-8-6-12-31-19)13-16-9-10-18(28-2)21(30-4)20(16)29-3/h6,8-10,12-13,15H,5,7,11,14H2,1-4H3,(H,24,26)/b17-13-. The molecular weight excluding hydrogens is 400 g/mol. The number of nitrogens with one attached hydrogen (secondary N) is 1. The zero-order chi connectivity index (χ0) is 22.4. The number of hydrogen-bond acceptors (Lipinski definition) is 6. The number of carbonyl (C=O) groups excluding carboxylic acids is 2. The van der Waals surface area contributed by atoms with E-state index in [1.807, 2.05) is 0 Å². The zero-order valence-corrected chi connectivity index (χ0v) is 18.3. The molecule has 31 heavy (non-hydrogen) atoms. The summed E-state index contributed by atoms with van der Waals surface area (Å²) < 4.78 is 21.5. The maximum Gasteiger partial charge on any atom is 0.291 e. The number of likely N-dealkylation sites (tertiary alicyclic amines) is 1. The van der Waals surface area contributed by atoms with Crippen molar-refractivity contribution < 1.29 is 28.2 Å². The molecular formula is C23H28N2O6. The molecule has 3 rings (SSSR count). The van der Waals surface area contributed by atoms with Crippen molar-refractivity contribution in [2.45, 2.75) is 19.8 Å². The molecule has 1 aliphatic heterocycles. The van der Waals surface area contributed by atoms with Gasteiger partial charge in [-0.15, -0.1) is 0 Å². The minimum atomic E-state index is -0.505. The van der Waals surface area contributed by atoms with Crippen LogP contribution in [0, 0.1) is 5.92 Å². The maximum absolute atomic E-state index is 13.3. The number of nitrogens with zero attached hydrogens (tertiary/aromatic N) is 1. The summed E-state index contributed by atoms with van der Waals surface area (Å²) >= 11 is 0. The van der Waals surface area contributed by atoms with E-state index < -0.39 is 5.91 Å². The van der Waals surface area contributed by atoms with Crippen LogP contribution in [0.15, 0.2) is 40.6 Å². The molecule has 1 aromatic heterocycles. The predicted molar refractivity (Wildman–Crippen MR) is 115 cm³/mol. The smallest absolute Gasteiger partial charge is 0.291 e. The van der Waals surface area contributed by atoms with Crippen molar-refractivity contribution in [3.63, 3.8) is 0 Å². The predicted octanol–water partition coefficient (Wildman–Crippen LogP) is 3.33. The van der Waals surface area contributed by atoms with Gasteiger partial charge in [-0.25, -0.2) is 0 Å². The summed E-state index contributed by atoms with van der Waals surface area (Å²) in [6.07, 6.45) is 4.99. The molecule has 166 valence electrons. The van der Waals surface area contributed by atoms with E-state index in [1.165, 1.54) is 33.7 Å². The Morgan fingerprint density at radius 1 is 1.13 bits per heavy atom. The number of hydrogen-bond donors (Lipinski definition) is 1. The van der Waals surface area contributed by atoms with Crippen molar-refractivity contribution >= 4 is 17.9 Å². The second-order valence-electron chi connectivity index (χ2n) is 7.41. The Morgan fingerprint density at radius 2 is 1.90 bits per heavy atom. The molecule has 1 aromatic carbocycles. The normalized spacial score (nSPS) is 16.6. The van der Waals surface area contributed by atoms with Crippen LogP contribution in [0.5, 0.6) is 17.2 Å². The van der Waals surface area contributed by atoms with Crippen LogP contribution in [0.2, 0.25) is 0 Å². The second-order valence-corrected chi connectivity index (χ2v) is 7.41. The van der Waals surface area contributed by atoms with E-state index in [2.05, 4.69) is 12.2 Å². The number of rotatable bonds is 7. The van der Waals surface area contributed by atoms with Gasteiger partial charge in [0.05, 0.1) is 27.6 Å². The summed E-state index contributed by atoms with van der Waals surface area (Å²) in [5.41, 5.74) is 0.689. The van der Waals surface area contributed by atoms with E-state index in [9.17, 15) is 9.59 Å². The minimum absolute atomic E-state index is 0.116. The highest BCUT2D eigenvalue weighted by Crippen LogP contribution is 2.40. The molecule has 2 amide bonds. The Balaban J connectivity index is 2.02. The molecule has 0 bridgehead atoms. The molecule has 1 saturated heterocycles. The summed E-state index contributed by atoms with van der Waals surface area (Å²) in [7, 11) is 4.54. The van der Waals surface area contributed by atoms with E-state index in [1.54, 1.807) is 29.2 Å². The molecule has 8 heteroatoms. The number of piperidine rings is 1. The van der Waals surface area contributed by atoms with Gasteiger partial charge in [-0.2, -0.15) is 0 Å². The van der Waals surface area contributed by atoms with Gasteiger partial charge in [0.2, 0.25) is 5.75 Å². The van der Waals surface area contributed by atoms with E-state index in [0.29, 0.717) is 41.8 Å². The molecule has 0 radical (unpaired) electrons. The molecule has 1 N–H and O–H groups in total. The lowest BCUT2D eigenvalue weighted by Crippen LogP contribution is -2.43. The van der Waals surface area contributed by atoms with E-state index in [-0.39, 0.29) is 17.4 Å². The van der Waals surface area contributed by atoms with Gasteiger partial charge in [0.1, 0.15) is 5.70 Å². The van der Waals surface area contributed by atoms with Crippen molar-refractivity contribution in [2.75, 3.05) is 34.4 Å². The van der Waals surface area contributed by atoms with Crippen molar-refractivity contribution in [3.8, 4) is 17.2 Å². The third-order valence-electron chi connectivity index (χ3n) is 5.20. The van der Waals surface area contributed by atoms with Crippen LogP contribution in [0.4, 0.5) is 0 Å². The molecule has 1 aliphatic rings. The Bertz CT molecular complexity index is 951. The number of amides is 2. The SMILES string of the molecule is COc1ccc(/C=C(\NC(=O)c2ccco2)C(=O)N2CCCC(C)C2)c(OC)c1OC. The zero-order valence-electron chi connectivity index (χ0n) is 18.3. The summed E-state index contributed by atoms with van der Waals surface area (Å²) in [6, 6.07) is 6.61. The second kappa shape index (κ2) is 10.1. The lowest BCUT2D eigenvalue weighted by Gasteiger charge is -2.31. The lowest BCUT2D eigenvalue weighted by atomic mass is 10.00. The first-order valence-corrected chi connectivity index (χ1v) is 10.1. The molecule has 1 unspecified atom stereocenters. The van der Waals surface area contributed by atoms with Crippen molar-refractivity contribution in [1.82, 2.24) is 10.2 Å². The van der Waals surface area contributed by atoms with E-state index in [0.717, 1.165) is 12.8 Å². The topological polar surface area (TPSA) is 90.2 Å². The van der Waals surface area contributed by atoms with Gasteiger partial charge in [-0.1, -0.05) is 6.92 Å². The van der Waals surface area contributed by atoms with Gasteiger partial charge in [0.25, 0.3) is 11.8 Å². The Morgan fingerprint density at radius 3 is 2.52 bits per heavy atom. The van der Waals surface area contributed by atoms with Crippen LogP contribution in [0.25, 0.3) is 6.08 Å². The average molecular weight is 428 g/mol. The molecule has 1 atom stereocenters. The number of ether oxygens (including phenoxy) is 3. The molecule has 2 aromatic rings. The van der Waals surface area contributed by atoms with Crippen LogP contribution in [0.3, 0.4) is 0 Å². The average Bonchev–Trinajstić information content (AvgIpc) is 3.32. The monoisotopic (exact) mass is 428 g/mol. The third-order valence-corrected chi connectivity index (χ3v) is 5.20. The van der Waals surface area contributed by atoms with Gasteiger partial charge in [-0.05, 0) is 49.1 Å². The first kappa shape index (κ1) is 22.3. The summed E-state index contributed by atoms with van der Waals surface area (Å²) in [5, 5.41) is 2.71. The van der Waals surface area contributed by atoms with Gasteiger partial charge in [0.15, 0.2) is 17.3 Å². The molecule has 0 saturated carbocycles. The molecule has 2 heterocycles. The summed E-state index contributed by atoms with van der Waals surface area (Å²) in [6.45, 7) is 3.39. The van der Waals surface area contributed by atoms with E-state index >= 15 is 0 Å². The minimum Gasteiger partial charge on any atom is -0.493 e. The highest BCUT2D eigenvalue weighted by molar-refractivity contribution is 6.04. The highest BCUT2D eigenvalue weighted by atomic mass is 16.5. The van der Waals surface area contributed by atoms with Gasteiger partial charge in [0, 0.05) is 18.7 Å². The first-order chi connectivity index (χ1) is 15.0.